The maximum Gasteiger partial charge on any atom is 0.0642 e. The van der Waals surface area contributed by atoms with Gasteiger partial charge in [0, 0.05) is 30.5 Å². The summed E-state index contributed by atoms with van der Waals surface area (Å²) in [5, 5.41) is 3.72. The average molecular weight is 288 g/mol. The van der Waals surface area contributed by atoms with E-state index in [4.69, 9.17) is 4.74 Å². The van der Waals surface area contributed by atoms with Crippen molar-refractivity contribution in [3.63, 3.8) is 0 Å². The zero-order chi connectivity index (χ0) is 14.7. The predicted octanol–water partition coefficient (Wildman–Crippen LogP) is 3.90. The van der Waals surface area contributed by atoms with Crippen molar-refractivity contribution in [2.24, 2.45) is 5.41 Å². The number of rotatable bonds is 3. The zero-order valence-electron chi connectivity index (χ0n) is 13.4. The Morgan fingerprint density at radius 2 is 1.86 bits per heavy atom. The van der Waals surface area contributed by atoms with Gasteiger partial charge in [-0.15, -0.1) is 0 Å². The fourth-order valence-corrected chi connectivity index (χ4v) is 3.65. The van der Waals surface area contributed by atoms with Gasteiger partial charge >= 0.3 is 0 Å². The van der Waals surface area contributed by atoms with Crippen molar-refractivity contribution in [2.75, 3.05) is 36.5 Å². The second kappa shape index (κ2) is 6.27. The highest BCUT2D eigenvalue weighted by Crippen LogP contribution is 2.36. The van der Waals surface area contributed by atoms with Gasteiger partial charge in [-0.3, -0.25) is 0 Å². The Morgan fingerprint density at radius 1 is 1.14 bits per heavy atom. The monoisotopic (exact) mass is 288 g/mol. The van der Waals surface area contributed by atoms with Crippen LogP contribution in [0.25, 0.3) is 0 Å². The summed E-state index contributed by atoms with van der Waals surface area (Å²) < 4.78 is 5.41. The van der Waals surface area contributed by atoms with Gasteiger partial charge in [0.25, 0.3) is 0 Å². The Labute approximate surface area is 128 Å². The standard InChI is InChI=1S/C18H28N2O/c1-18(2)9-3-4-16(14-18)19-15-5-7-17(8-6-15)20-10-12-21-13-11-20/h5-8,16,19H,3-4,9-14H2,1-2H3. The first-order valence-electron chi connectivity index (χ1n) is 8.32. The van der Waals surface area contributed by atoms with Gasteiger partial charge in [-0.25, -0.2) is 0 Å². The molecule has 21 heavy (non-hydrogen) atoms. The Balaban J connectivity index is 1.59. The number of hydrogen-bond donors (Lipinski definition) is 1. The second-order valence-corrected chi connectivity index (χ2v) is 7.25. The molecule has 116 valence electrons. The van der Waals surface area contributed by atoms with E-state index < -0.39 is 0 Å². The van der Waals surface area contributed by atoms with Crippen LogP contribution in [0.4, 0.5) is 11.4 Å². The molecule has 1 saturated heterocycles. The molecule has 1 N–H and O–H groups in total. The van der Waals surface area contributed by atoms with E-state index in [1.807, 2.05) is 0 Å². The predicted molar refractivity (Wildman–Crippen MR) is 89.1 cm³/mol. The first-order valence-corrected chi connectivity index (χ1v) is 8.32. The average Bonchev–Trinajstić information content (AvgIpc) is 2.48. The minimum absolute atomic E-state index is 0.490. The molecule has 1 aliphatic carbocycles. The molecule has 0 aromatic heterocycles. The highest BCUT2D eigenvalue weighted by molar-refractivity contribution is 5.55. The molecule has 3 nitrogen and oxygen atoms in total. The third kappa shape index (κ3) is 3.91. The van der Waals surface area contributed by atoms with Crippen LogP contribution in [-0.2, 0) is 4.74 Å². The Morgan fingerprint density at radius 3 is 2.52 bits per heavy atom. The molecule has 2 fully saturated rings. The molecule has 0 amide bonds. The van der Waals surface area contributed by atoms with Crippen molar-refractivity contribution >= 4 is 11.4 Å². The molecule has 1 atom stereocenters. The van der Waals surface area contributed by atoms with Gasteiger partial charge in [0.15, 0.2) is 0 Å². The summed E-state index contributed by atoms with van der Waals surface area (Å²) in [5.41, 5.74) is 3.06. The highest BCUT2D eigenvalue weighted by Gasteiger charge is 2.27. The van der Waals surface area contributed by atoms with Gasteiger partial charge < -0.3 is 15.0 Å². The summed E-state index contributed by atoms with van der Waals surface area (Å²) in [4.78, 5) is 2.40. The van der Waals surface area contributed by atoms with E-state index in [1.54, 1.807) is 0 Å². The summed E-state index contributed by atoms with van der Waals surface area (Å²) in [6, 6.07) is 9.56. The molecular formula is C18H28N2O. The van der Waals surface area contributed by atoms with E-state index in [2.05, 4.69) is 48.3 Å². The zero-order valence-corrected chi connectivity index (χ0v) is 13.4. The minimum Gasteiger partial charge on any atom is -0.382 e. The topological polar surface area (TPSA) is 24.5 Å². The molecule has 1 aliphatic heterocycles. The van der Waals surface area contributed by atoms with Gasteiger partial charge in [0.1, 0.15) is 0 Å². The lowest BCUT2D eigenvalue weighted by Gasteiger charge is -2.36. The molecular weight excluding hydrogens is 260 g/mol. The summed E-state index contributed by atoms with van der Waals surface area (Å²) in [5.74, 6) is 0. The summed E-state index contributed by atoms with van der Waals surface area (Å²) in [7, 11) is 0. The summed E-state index contributed by atoms with van der Waals surface area (Å²) in [6.07, 6.45) is 5.28. The largest absolute Gasteiger partial charge is 0.382 e. The quantitative estimate of drug-likeness (QED) is 0.913. The molecule has 2 aliphatic rings. The molecule has 1 heterocycles. The number of nitrogens with one attached hydrogen (secondary N) is 1. The minimum atomic E-state index is 0.490. The molecule has 0 radical (unpaired) electrons. The van der Waals surface area contributed by atoms with Gasteiger partial charge in [-0.05, 0) is 48.9 Å². The molecule has 1 aromatic carbocycles. The fourth-order valence-electron chi connectivity index (χ4n) is 3.65. The number of ether oxygens (including phenoxy) is 1. The molecule has 0 spiro atoms. The number of benzene rings is 1. The van der Waals surface area contributed by atoms with E-state index in [-0.39, 0.29) is 0 Å². The summed E-state index contributed by atoms with van der Waals surface area (Å²) >= 11 is 0. The number of nitrogens with zero attached hydrogens (tertiary/aromatic N) is 1. The number of anilines is 2. The molecule has 3 heteroatoms. The Kier molecular flexibility index (Phi) is 4.39. The van der Waals surface area contributed by atoms with Crippen LogP contribution in [0.15, 0.2) is 24.3 Å². The van der Waals surface area contributed by atoms with Gasteiger partial charge in [0.05, 0.1) is 13.2 Å². The van der Waals surface area contributed by atoms with Crippen LogP contribution in [0.1, 0.15) is 39.5 Å². The van der Waals surface area contributed by atoms with Crippen molar-refractivity contribution in [3.05, 3.63) is 24.3 Å². The van der Waals surface area contributed by atoms with Crippen LogP contribution >= 0.6 is 0 Å². The van der Waals surface area contributed by atoms with Crippen molar-refractivity contribution in [3.8, 4) is 0 Å². The fraction of sp³-hybridized carbons (Fsp3) is 0.667. The van der Waals surface area contributed by atoms with E-state index in [0.717, 1.165) is 26.3 Å². The van der Waals surface area contributed by atoms with Crippen LogP contribution < -0.4 is 10.2 Å². The van der Waals surface area contributed by atoms with Crippen molar-refractivity contribution < 1.29 is 4.74 Å². The molecule has 1 saturated carbocycles. The third-order valence-corrected chi connectivity index (χ3v) is 4.82. The van der Waals surface area contributed by atoms with Crippen LogP contribution in [-0.4, -0.2) is 32.3 Å². The second-order valence-electron chi connectivity index (χ2n) is 7.25. The third-order valence-electron chi connectivity index (χ3n) is 4.82. The Bertz CT molecular complexity index is 449. The normalized spacial score (nSPS) is 25.6. The molecule has 0 bridgehead atoms. The van der Waals surface area contributed by atoms with Crippen LogP contribution in [0.5, 0.6) is 0 Å². The maximum atomic E-state index is 5.41. The Hall–Kier alpha value is -1.22. The highest BCUT2D eigenvalue weighted by atomic mass is 16.5. The molecule has 1 unspecified atom stereocenters. The van der Waals surface area contributed by atoms with E-state index >= 15 is 0 Å². The smallest absolute Gasteiger partial charge is 0.0642 e. The van der Waals surface area contributed by atoms with Gasteiger partial charge in [-0.2, -0.15) is 0 Å². The van der Waals surface area contributed by atoms with Crippen molar-refractivity contribution in [1.29, 1.82) is 0 Å². The van der Waals surface area contributed by atoms with Gasteiger partial charge in [-0.1, -0.05) is 20.3 Å². The summed E-state index contributed by atoms with van der Waals surface area (Å²) in [6.45, 7) is 8.48. The van der Waals surface area contributed by atoms with E-state index in [0.29, 0.717) is 11.5 Å². The molecule has 1 aromatic rings. The van der Waals surface area contributed by atoms with E-state index in [9.17, 15) is 0 Å². The van der Waals surface area contributed by atoms with Gasteiger partial charge in [0.2, 0.25) is 0 Å². The van der Waals surface area contributed by atoms with Crippen molar-refractivity contribution in [2.45, 2.75) is 45.6 Å². The first-order chi connectivity index (χ1) is 10.1. The SMILES string of the molecule is CC1(C)CCCC(Nc2ccc(N3CCOCC3)cc2)C1. The van der Waals surface area contributed by atoms with Crippen LogP contribution in [0, 0.1) is 5.41 Å². The number of morpholine rings is 1. The van der Waals surface area contributed by atoms with E-state index in [1.165, 1.54) is 37.1 Å². The maximum absolute atomic E-state index is 5.41. The first kappa shape index (κ1) is 14.7. The number of hydrogen-bond acceptors (Lipinski definition) is 3. The van der Waals surface area contributed by atoms with Crippen molar-refractivity contribution in [1.82, 2.24) is 0 Å². The lowest BCUT2D eigenvalue weighted by atomic mass is 9.75. The lowest BCUT2D eigenvalue weighted by Crippen LogP contribution is -2.36. The van der Waals surface area contributed by atoms with Crippen LogP contribution in [0.2, 0.25) is 0 Å². The molecule has 3 rings (SSSR count). The lowest BCUT2D eigenvalue weighted by molar-refractivity contribution is 0.122. The van der Waals surface area contributed by atoms with Crippen LogP contribution in [0.3, 0.4) is 0 Å².